The van der Waals surface area contributed by atoms with E-state index in [0.29, 0.717) is 6.42 Å². The highest BCUT2D eigenvalue weighted by atomic mass is 32.2. The van der Waals surface area contributed by atoms with Gasteiger partial charge in [0.15, 0.2) is 0 Å². The lowest BCUT2D eigenvalue weighted by Gasteiger charge is -2.10. The van der Waals surface area contributed by atoms with Gasteiger partial charge in [0.2, 0.25) is 10.0 Å². The molecule has 1 heterocycles. The molecule has 6 nitrogen and oxygen atoms in total. The minimum absolute atomic E-state index is 0.143. The molecule has 10 heteroatoms. The Morgan fingerprint density at radius 2 is 1.71 bits per heavy atom. The average molecular weight is 411 g/mol. The molecule has 148 valence electrons. The normalized spacial score (nSPS) is 12.1. The zero-order valence-electron chi connectivity index (χ0n) is 14.4. The number of ether oxygens (including phenoxy) is 1. The Hall–Kier alpha value is -2.85. The first-order valence-corrected chi connectivity index (χ1v) is 9.66. The predicted molar refractivity (Wildman–Crippen MR) is 95.6 cm³/mol. The van der Waals surface area contributed by atoms with Crippen molar-refractivity contribution in [3.8, 4) is 11.4 Å². The summed E-state index contributed by atoms with van der Waals surface area (Å²) in [4.78, 5) is -0.143. The molecule has 0 saturated heterocycles. The lowest BCUT2D eigenvalue weighted by atomic mass is 10.1. The molecule has 2 aromatic carbocycles. The predicted octanol–water partition coefficient (Wildman–Crippen LogP) is 3.29. The number of alkyl halides is 3. The van der Waals surface area contributed by atoms with Crippen LogP contribution in [0.2, 0.25) is 0 Å². The maximum atomic E-state index is 12.2. The Kier molecular flexibility index (Phi) is 5.71. The van der Waals surface area contributed by atoms with Gasteiger partial charge in [-0.25, -0.2) is 17.8 Å². The van der Waals surface area contributed by atoms with Gasteiger partial charge in [-0.05, 0) is 54.4 Å². The summed E-state index contributed by atoms with van der Waals surface area (Å²) in [5.74, 6) is -0.483. The van der Waals surface area contributed by atoms with Gasteiger partial charge in [0.05, 0.1) is 10.6 Å². The summed E-state index contributed by atoms with van der Waals surface area (Å²) in [7, 11) is -3.84. The van der Waals surface area contributed by atoms with E-state index in [1.807, 2.05) is 36.5 Å². The molecule has 0 spiro atoms. The number of rotatable bonds is 7. The van der Waals surface area contributed by atoms with Gasteiger partial charge < -0.3 is 4.74 Å². The van der Waals surface area contributed by atoms with E-state index in [0.717, 1.165) is 35.5 Å². The minimum atomic E-state index is -4.83. The first kappa shape index (κ1) is 19.9. The Bertz CT molecular complexity index is 1000. The molecule has 0 unspecified atom stereocenters. The molecule has 1 aromatic heterocycles. The highest BCUT2D eigenvalue weighted by Crippen LogP contribution is 2.23. The molecule has 0 fully saturated rings. The molecule has 0 aliphatic heterocycles. The fraction of sp³-hybridized carbons (Fsp3) is 0.167. The van der Waals surface area contributed by atoms with Crippen LogP contribution < -0.4 is 9.46 Å². The summed E-state index contributed by atoms with van der Waals surface area (Å²) >= 11 is 0. The molecule has 3 aromatic rings. The van der Waals surface area contributed by atoms with Gasteiger partial charge in [0.25, 0.3) is 0 Å². The quantitative estimate of drug-likeness (QED) is 0.648. The second kappa shape index (κ2) is 8.03. The van der Waals surface area contributed by atoms with Gasteiger partial charge in [0, 0.05) is 18.9 Å². The first-order valence-electron chi connectivity index (χ1n) is 8.17. The molecule has 0 atom stereocenters. The lowest BCUT2D eigenvalue weighted by molar-refractivity contribution is -0.274. The smallest absolute Gasteiger partial charge is 0.406 e. The van der Waals surface area contributed by atoms with E-state index >= 15 is 0 Å². The molecule has 3 rings (SSSR count). The zero-order valence-corrected chi connectivity index (χ0v) is 15.2. The Morgan fingerprint density at radius 3 is 2.29 bits per heavy atom. The third kappa shape index (κ3) is 5.33. The molecular weight excluding hydrogens is 395 g/mol. The van der Waals surface area contributed by atoms with Crippen molar-refractivity contribution in [3.05, 3.63) is 72.6 Å². The number of nitrogens with one attached hydrogen (secondary N) is 1. The molecule has 0 radical (unpaired) electrons. The van der Waals surface area contributed by atoms with Crippen molar-refractivity contribution in [2.75, 3.05) is 6.54 Å². The molecule has 1 N–H and O–H groups in total. The molecule has 0 bridgehead atoms. The van der Waals surface area contributed by atoms with E-state index in [4.69, 9.17) is 0 Å². The lowest BCUT2D eigenvalue weighted by Crippen LogP contribution is -2.26. The SMILES string of the molecule is O=S(=O)(NCCc1ccc(-n2cccn2)cc1)c1ccc(OC(F)(F)F)cc1. The van der Waals surface area contributed by atoms with Crippen LogP contribution in [-0.4, -0.2) is 31.1 Å². The fourth-order valence-electron chi connectivity index (χ4n) is 2.47. The van der Waals surface area contributed by atoms with Crippen molar-refractivity contribution in [3.63, 3.8) is 0 Å². The summed E-state index contributed by atoms with van der Waals surface area (Å²) in [6, 6.07) is 13.3. The van der Waals surface area contributed by atoms with Crippen molar-refractivity contribution >= 4 is 10.0 Å². The van der Waals surface area contributed by atoms with Crippen LogP contribution >= 0.6 is 0 Å². The monoisotopic (exact) mass is 411 g/mol. The van der Waals surface area contributed by atoms with E-state index in [2.05, 4.69) is 14.6 Å². The van der Waals surface area contributed by atoms with Gasteiger partial charge in [-0.2, -0.15) is 5.10 Å². The van der Waals surface area contributed by atoms with Crippen molar-refractivity contribution in [1.82, 2.24) is 14.5 Å². The largest absolute Gasteiger partial charge is 0.573 e. The van der Waals surface area contributed by atoms with Crippen LogP contribution in [0, 0.1) is 0 Å². The number of benzene rings is 2. The van der Waals surface area contributed by atoms with Crippen molar-refractivity contribution in [2.45, 2.75) is 17.7 Å². The Morgan fingerprint density at radius 1 is 1.04 bits per heavy atom. The van der Waals surface area contributed by atoms with E-state index in [1.54, 1.807) is 10.9 Å². The number of sulfonamides is 1. The Labute approximate surface area is 159 Å². The standard InChI is InChI=1S/C18H16F3N3O3S/c19-18(20,21)27-16-6-8-17(9-7-16)28(25,26)23-12-10-14-2-4-15(5-3-14)24-13-1-11-22-24/h1-9,11,13,23H,10,12H2. The molecular formula is C18H16F3N3O3S. The van der Waals surface area contributed by atoms with E-state index in [-0.39, 0.29) is 11.4 Å². The van der Waals surface area contributed by atoms with Crippen LogP contribution in [0.1, 0.15) is 5.56 Å². The third-order valence-electron chi connectivity index (χ3n) is 3.78. The molecule has 0 saturated carbocycles. The van der Waals surface area contributed by atoms with Gasteiger partial charge in [0.1, 0.15) is 5.75 Å². The maximum absolute atomic E-state index is 12.2. The average Bonchev–Trinajstić information content (AvgIpc) is 3.16. The van der Waals surface area contributed by atoms with Crippen LogP contribution in [0.25, 0.3) is 5.69 Å². The second-order valence-electron chi connectivity index (χ2n) is 5.78. The highest BCUT2D eigenvalue weighted by Gasteiger charge is 2.31. The van der Waals surface area contributed by atoms with Crippen LogP contribution in [0.5, 0.6) is 5.75 Å². The number of halogens is 3. The summed E-state index contributed by atoms with van der Waals surface area (Å²) in [6.07, 6.45) is -0.891. The van der Waals surface area contributed by atoms with Crippen LogP contribution in [0.4, 0.5) is 13.2 Å². The molecule has 0 amide bonds. The number of nitrogens with zero attached hydrogens (tertiary/aromatic N) is 2. The maximum Gasteiger partial charge on any atom is 0.573 e. The summed E-state index contributed by atoms with van der Waals surface area (Å²) in [6.45, 7) is 0.143. The van der Waals surface area contributed by atoms with Crippen molar-refractivity contribution in [2.24, 2.45) is 0 Å². The fourth-order valence-corrected chi connectivity index (χ4v) is 3.50. The first-order chi connectivity index (χ1) is 13.2. The van der Waals surface area contributed by atoms with Gasteiger partial charge in [-0.15, -0.1) is 13.2 Å². The second-order valence-corrected chi connectivity index (χ2v) is 7.55. The Balaban J connectivity index is 1.56. The van der Waals surface area contributed by atoms with Crippen LogP contribution in [0.15, 0.2) is 71.9 Å². The number of aromatic nitrogens is 2. The summed E-state index contributed by atoms with van der Waals surface area (Å²) in [5.41, 5.74) is 1.81. The van der Waals surface area contributed by atoms with Gasteiger partial charge in [-0.3, -0.25) is 0 Å². The third-order valence-corrected chi connectivity index (χ3v) is 5.26. The van der Waals surface area contributed by atoms with Gasteiger partial charge in [-0.1, -0.05) is 12.1 Å². The highest BCUT2D eigenvalue weighted by molar-refractivity contribution is 7.89. The molecule has 0 aliphatic carbocycles. The van der Waals surface area contributed by atoms with Crippen LogP contribution in [-0.2, 0) is 16.4 Å². The summed E-state index contributed by atoms with van der Waals surface area (Å²) < 4.78 is 68.8. The minimum Gasteiger partial charge on any atom is -0.406 e. The van der Waals surface area contributed by atoms with E-state index in [9.17, 15) is 21.6 Å². The van der Waals surface area contributed by atoms with E-state index < -0.39 is 22.1 Å². The van der Waals surface area contributed by atoms with E-state index in [1.165, 1.54) is 0 Å². The summed E-state index contributed by atoms with van der Waals surface area (Å²) in [5, 5.41) is 4.12. The van der Waals surface area contributed by atoms with Crippen molar-refractivity contribution in [1.29, 1.82) is 0 Å². The van der Waals surface area contributed by atoms with Crippen LogP contribution in [0.3, 0.4) is 0 Å². The topological polar surface area (TPSA) is 73.2 Å². The molecule has 28 heavy (non-hydrogen) atoms. The number of hydrogen-bond acceptors (Lipinski definition) is 4. The van der Waals surface area contributed by atoms with Crippen molar-refractivity contribution < 1.29 is 26.3 Å². The zero-order chi connectivity index (χ0) is 20.2. The van der Waals surface area contributed by atoms with Gasteiger partial charge >= 0.3 is 6.36 Å². The number of hydrogen-bond donors (Lipinski definition) is 1. The molecule has 0 aliphatic rings.